The van der Waals surface area contributed by atoms with Gasteiger partial charge in [-0.1, -0.05) is 18.2 Å². The van der Waals surface area contributed by atoms with E-state index in [-0.39, 0.29) is 29.7 Å². The zero-order chi connectivity index (χ0) is 19.1. The molecule has 1 unspecified atom stereocenters. The molecule has 0 saturated carbocycles. The predicted octanol–water partition coefficient (Wildman–Crippen LogP) is 3.58. The Morgan fingerprint density at radius 2 is 2.11 bits per heavy atom. The average Bonchev–Trinajstić information content (AvgIpc) is 3.34. The number of carbonyl (C=O) groups is 1. The molecule has 6 nitrogen and oxygen atoms in total. The number of benzene rings is 1. The molecule has 152 valence electrons. The van der Waals surface area contributed by atoms with Crippen LogP contribution < -0.4 is 11.1 Å². The standard InChI is InChI=1S/C20H26N4O2S.HI/c1-2-22-20(23-12-16-8-9-18(26-16)19(21)25)24-11-10-15(13-24)14-27-17-6-4-3-5-7-17;/h3-9,15H,2,10-14H2,1H3,(H2,21,25)(H,22,23);1H. The second-order valence-corrected chi connectivity index (χ2v) is 7.62. The van der Waals surface area contributed by atoms with Crippen molar-refractivity contribution in [1.29, 1.82) is 0 Å². The van der Waals surface area contributed by atoms with Crippen molar-refractivity contribution in [3.8, 4) is 0 Å². The molecule has 0 radical (unpaired) electrons. The van der Waals surface area contributed by atoms with Crippen LogP contribution in [0, 0.1) is 5.92 Å². The summed E-state index contributed by atoms with van der Waals surface area (Å²) in [7, 11) is 0. The quantitative estimate of drug-likeness (QED) is 0.256. The van der Waals surface area contributed by atoms with E-state index in [2.05, 4.69) is 46.4 Å². The van der Waals surface area contributed by atoms with E-state index in [1.165, 1.54) is 4.90 Å². The molecule has 2 heterocycles. The van der Waals surface area contributed by atoms with E-state index >= 15 is 0 Å². The molecule has 1 amide bonds. The van der Waals surface area contributed by atoms with Crippen LogP contribution in [0.5, 0.6) is 0 Å². The lowest BCUT2D eigenvalue weighted by atomic mass is 10.2. The van der Waals surface area contributed by atoms with Gasteiger partial charge in [0.2, 0.25) is 0 Å². The van der Waals surface area contributed by atoms with Crippen LogP contribution in [0.4, 0.5) is 0 Å². The van der Waals surface area contributed by atoms with Crippen molar-refractivity contribution >= 4 is 47.6 Å². The Morgan fingerprint density at radius 3 is 2.79 bits per heavy atom. The monoisotopic (exact) mass is 514 g/mol. The molecule has 1 aliphatic heterocycles. The zero-order valence-electron chi connectivity index (χ0n) is 16.0. The highest BCUT2D eigenvalue weighted by molar-refractivity contribution is 14.0. The molecule has 0 bridgehead atoms. The third kappa shape index (κ3) is 6.44. The minimum atomic E-state index is -0.560. The van der Waals surface area contributed by atoms with Gasteiger partial charge < -0.3 is 20.4 Å². The molecule has 2 aromatic rings. The molecular weight excluding hydrogens is 487 g/mol. The first-order chi connectivity index (χ1) is 13.2. The largest absolute Gasteiger partial charge is 0.454 e. The molecule has 8 heteroatoms. The topological polar surface area (TPSA) is 83.9 Å². The molecule has 1 aromatic carbocycles. The number of thioether (sulfide) groups is 1. The second-order valence-electron chi connectivity index (χ2n) is 6.53. The first-order valence-electron chi connectivity index (χ1n) is 9.25. The number of halogens is 1. The fraction of sp³-hybridized carbons (Fsp3) is 0.400. The highest BCUT2D eigenvalue weighted by Gasteiger charge is 2.25. The van der Waals surface area contributed by atoms with Gasteiger partial charge in [-0.3, -0.25) is 4.79 Å². The smallest absolute Gasteiger partial charge is 0.284 e. The number of aliphatic imine (C=N–C) groups is 1. The molecule has 1 saturated heterocycles. The van der Waals surface area contributed by atoms with Gasteiger partial charge in [0.15, 0.2) is 11.7 Å². The summed E-state index contributed by atoms with van der Waals surface area (Å²) in [6, 6.07) is 13.9. The summed E-state index contributed by atoms with van der Waals surface area (Å²) in [6.45, 7) is 5.25. The van der Waals surface area contributed by atoms with Crippen LogP contribution >= 0.6 is 35.7 Å². The number of hydrogen-bond donors (Lipinski definition) is 2. The van der Waals surface area contributed by atoms with Crippen molar-refractivity contribution in [2.24, 2.45) is 16.6 Å². The van der Waals surface area contributed by atoms with Crippen LogP contribution in [0.3, 0.4) is 0 Å². The minimum Gasteiger partial charge on any atom is -0.454 e. The van der Waals surface area contributed by atoms with Gasteiger partial charge in [0, 0.05) is 30.3 Å². The van der Waals surface area contributed by atoms with Crippen molar-refractivity contribution in [3.05, 3.63) is 54.0 Å². The summed E-state index contributed by atoms with van der Waals surface area (Å²) >= 11 is 1.91. The van der Waals surface area contributed by atoms with Gasteiger partial charge in [0.1, 0.15) is 12.3 Å². The summed E-state index contributed by atoms with van der Waals surface area (Å²) in [5, 5.41) is 3.35. The molecule has 1 fully saturated rings. The van der Waals surface area contributed by atoms with Gasteiger partial charge in [-0.15, -0.1) is 35.7 Å². The molecular formula is C20H27IN4O2S. The number of nitrogens with zero attached hydrogens (tertiary/aromatic N) is 2. The normalized spacial score (nSPS) is 16.7. The number of rotatable bonds is 7. The Morgan fingerprint density at radius 1 is 1.32 bits per heavy atom. The van der Waals surface area contributed by atoms with Crippen LogP contribution in [0.25, 0.3) is 0 Å². The van der Waals surface area contributed by atoms with E-state index in [9.17, 15) is 4.79 Å². The van der Waals surface area contributed by atoms with E-state index < -0.39 is 5.91 Å². The Labute approximate surface area is 187 Å². The first-order valence-corrected chi connectivity index (χ1v) is 10.2. The third-order valence-corrected chi connectivity index (χ3v) is 5.68. The highest BCUT2D eigenvalue weighted by atomic mass is 127. The van der Waals surface area contributed by atoms with E-state index in [1.54, 1.807) is 12.1 Å². The lowest BCUT2D eigenvalue weighted by molar-refractivity contribution is 0.0972. The minimum absolute atomic E-state index is 0. The average molecular weight is 514 g/mol. The van der Waals surface area contributed by atoms with Crippen molar-refractivity contribution in [1.82, 2.24) is 10.2 Å². The Bertz CT molecular complexity index is 782. The Hall–Kier alpha value is -1.68. The molecule has 28 heavy (non-hydrogen) atoms. The fourth-order valence-corrected chi connectivity index (χ4v) is 4.12. The molecule has 0 spiro atoms. The number of likely N-dealkylation sites (tertiary alicyclic amines) is 1. The molecule has 3 rings (SSSR count). The number of amides is 1. The van der Waals surface area contributed by atoms with Crippen LogP contribution in [-0.4, -0.2) is 42.2 Å². The number of guanidine groups is 1. The number of primary amides is 1. The van der Waals surface area contributed by atoms with E-state index in [1.807, 2.05) is 17.8 Å². The summed E-state index contributed by atoms with van der Waals surface area (Å²) in [5.41, 5.74) is 5.23. The maximum absolute atomic E-state index is 11.1. The summed E-state index contributed by atoms with van der Waals surface area (Å²) in [5.74, 6) is 2.89. The van der Waals surface area contributed by atoms with Gasteiger partial charge in [0.25, 0.3) is 5.91 Å². The summed E-state index contributed by atoms with van der Waals surface area (Å²) in [4.78, 5) is 19.4. The van der Waals surface area contributed by atoms with Crippen molar-refractivity contribution in [2.75, 3.05) is 25.4 Å². The number of nitrogens with two attached hydrogens (primary N) is 1. The first kappa shape index (κ1) is 22.6. The van der Waals surface area contributed by atoms with Crippen molar-refractivity contribution < 1.29 is 9.21 Å². The third-order valence-electron chi connectivity index (χ3n) is 4.44. The van der Waals surface area contributed by atoms with Crippen LogP contribution in [-0.2, 0) is 6.54 Å². The van der Waals surface area contributed by atoms with Gasteiger partial charge in [0.05, 0.1) is 0 Å². The van der Waals surface area contributed by atoms with Crippen molar-refractivity contribution in [2.45, 2.75) is 24.8 Å². The van der Waals surface area contributed by atoms with E-state index in [0.717, 1.165) is 37.8 Å². The number of nitrogens with one attached hydrogen (secondary N) is 1. The van der Waals surface area contributed by atoms with E-state index in [0.29, 0.717) is 18.2 Å². The molecule has 3 N–H and O–H groups in total. The van der Waals surface area contributed by atoms with Crippen LogP contribution in [0.15, 0.2) is 56.8 Å². The molecule has 1 atom stereocenters. The number of furan rings is 1. The maximum atomic E-state index is 11.1. The fourth-order valence-electron chi connectivity index (χ4n) is 3.07. The lowest BCUT2D eigenvalue weighted by Crippen LogP contribution is -2.40. The number of carbonyl (C=O) groups excluding carboxylic acids is 1. The summed E-state index contributed by atoms with van der Waals surface area (Å²) < 4.78 is 5.41. The second kappa shape index (κ2) is 11.4. The van der Waals surface area contributed by atoms with Crippen LogP contribution in [0.1, 0.15) is 29.7 Å². The molecule has 0 aliphatic carbocycles. The molecule has 1 aromatic heterocycles. The molecule has 1 aliphatic rings. The maximum Gasteiger partial charge on any atom is 0.284 e. The SMILES string of the molecule is CCNC(=NCc1ccc(C(N)=O)o1)N1CCC(CSc2ccccc2)C1.I. The zero-order valence-corrected chi connectivity index (χ0v) is 19.1. The van der Waals surface area contributed by atoms with Gasteiger partial charge in [-0.25, -0.2) is 4.99 Å². The highest BCUT2D eigenvalue weighted by Crippen LogP contribution is 2.26. The van der Waals surface area contributed by atoms with Crippen LogP contribution in [0.2, 0.25) is 0 Å². The number of hydrogen-bond acceptors (Lipinski definition) is 4. The van der Waals surface area contributed by atoms with E-state index in [4.69, 9.17) is 10.2 Å². The predicted molar refractivity (Wildman–Crippen MR) is 124 cm³/mol. The Balaban J connectivity index is 0.00000280. The lowest BCUT2D eigenvalue weighted by Gasteiger charge is -2.21. The Kier molecular flexibility index (Phi) is 9.17. The summed E-state index contributed by atoms with van der Waals surface area (Å²) in [6.07, 6.45) is 1.16. The van der Waals surface area contributed by atoms with Crippen molar-refractivity contribution in [3.63, 3.8) is 0 Å². The van der Waals surface area contributed by atoms with Gasteiger partial charge in [-0.05, 0) is 43.5 Å². The van der Waals surface area contributed by atoms with Gasteiger partial charge in [-0.2, -0.15) is 0 Å². The van der Waals surface area contributed by atoms with Gasteiger partial charge >= 0.3 is 0 Å².